The Kier molecular flexibility index (Phi) is 7.10. The topological polar surface area (TPSA) is 29.1 Å². The molecule has 0 aliphatic rings. The summed E-state index contributed by atoms with van der Waals surface area (Å²) in [6.07, 6.45) is 7.64. The summed E-state index contributed by atoms with van der Waals surface area (Å²) in [5.41, 5.74) is 0.201. The minimum Gasteiger partial charge on any atom is -0.352 e. The fraction of sp³-hybridized carbons (Fsp3) is 0.769. The molecule has 0 bridgehead atoms. The van der Waals surface area contributed by atoms with Gasteiger partial charge in [0.25, 0.3) is 0 Å². The number of unbranched alkanes of at least 4 members (excludes halogenated alkanes) is 3. The highest BCUT2D eigenvalue weighted by molar-refractivity contribution is 5.86. The molecule has 0 aliphatic carbocycles. The minimum absolute atomic E-state index is 0.0726. The zero-order valence-electron chi connectivity index (χ0n) is 10.4. The Hall–Kier alpha value is -0.790. The Bertz CT molecular complexity index is 197. The van der Waals surface area contributed by atoms with Crippen LogP contribution in [0.25, 0.3) is 0 Å². The summed E-state index contributed by atoms with van der Waals surface area (Å²) in [5, 5.41) is 2.86. The summed E-state index contributed by atoms with van der Waals surface area (Å²) in [5.74, 6) is -0.0726. The van der Waals surface area contributed by atoms with Crippen LogP contribution in [-0.2, 0) is 4.79 Å². The first kappa shape index (κ1) is 14.2. The van der Waals surface area contributed by atoms with E-state index in [4.69, 9.17) is 0 Å². The first-order chi connectivity index (χ1) is 7.02. The summed E-state index contributed by atoms with van der Waals surface area (Å²) >= 11 is 0. The monoisotopic (exact) mass is 211 g/mol. The van der Waals surface area contributed by atoms with Crippen LogP contribution in [0.5, 0.6) is 0 Å². The van der Waals surface area contributed by atoms with Gasteiger partial charge in [-0.15, -0.1) is 0 Å². The van der Waals surface area contributed by atoms with E-state index in [2.05, 4.69) is 32.7 Å². The van der Waals surface area contributed by atoms with Crippen molar-refractivity contribution in [2.24, 2.45) is 5.41 Å². The van der Waals surface area contributed by atoms with Gasteiger partial charge in [-0.3, -0.25) is 4.79 Å². The van der Waals surface area contributed by atoms with E-state index >= 15 is 0 Å². The molecular weight excluding hydrogens is 186 g/mol. The van der Waals surface area contributed by atoms with Crippen LogP contribution in [0.4, 0.5) is 0 Å². The molecule has 0 aromatic rings. The average molecular weight is 211 g/mol. The van der Waals surface area contributed by atoms with E-state index in [0.717, 1.165) is 6.54 Å². The molecule has 0 aromatic carbocycles. The maximum absolute atomic E-state index is 11.0. The van der Waals surface area contributed by atoms with Crippen LogP contribution in [0.2, 0.25) is 0 Å². The van der Waals surface area contributed by atoms with Crippen LogP contribution in [0, 0.1) is 5.41 Å². The largest absolute Gasteiger partial charge is 0.352 e. The zero-order chi connectivity index (χ0) is 11.7. The summed E-state index contributed by atoms with van der Waals surface area (Å²) in [7, 11) is 0. The molecule has 2 heteroatoms. The van der Waals surface area contributed by atoms with Crippen LogP contribution < -0.4 is 5.32 Å². The standard InChI is InChI=1S/C13H25NO/c1-5-7-8-9-10-13(3,4)11-14-12(15)6-2/h6H,2,5,7-11H2,1,3-4H3,(H,14,15). The molecule has 2 nitrogen and oxygen atoms in total. The van der Waals surface area contributed by atoms with Gasteiger partial charge in [0.05, 0.1) is 0 Å². The van der Waals surface area contributed by atoms with E-state index in [-0.39, 0.29) is 11.3 Å². The molecule has 0 saturated heterocycles. The Balaban J connectivity index is 3.66. The van der Waals surface area contributed by atoms with Crippen molar-refractivity contribution >= 4 is 5.91 Å². The van der Waals surface area contributed by atoms with Gasteiger partial charge in [-0.05, 0) is 17.9 Å². The Labute approximate surface area is 94.1 Å². The number of carbonyl (C=O) groups is 1. The highest BCUT2D eigenvalue weighted by Gasteiger charge is 2.17. The SMILES string of the molecule is C=CC(=O)NCC(C)(C)CCCCCC. The molecule has 1 amide bonds. The molecule has 1 N–H and O–H groups in total. The fourth-order valence-electron chi connectivity index (χ4n) is 1.52. The quantitative estimate of drug-likeness (QED) is 0.484. The molecule has 0 radical (unpaired) electrons. The van der Waals surface area contributed by atoms with Crippen LogP contribution in [0.1, 0.15) is 52.9 Å². The van der Waals surface area contributed by atoms with Gasteiger partial charge in [0.2, 0.25) is 5.91 Å². The molecule has 0 atom stereocenters. The molecule has 0 aromatic heterocycles. The van der Waals surface area contributed by atoms with Crippen molar-refractivity contribution in [1.82, 2.24) is 5.32 Å². The van der Waals surface area contributed by atoms with Gasteiger partial charge < -0.3 is 5.32 Å². The van der Waals surface area contributed by atoms with Crippen LogP contribution in [-0.4, -0.2) is 12.5 Å². The molecule has 88 valence electrons. The lowest BCUT2D eigenvalue weighted by Crippen LogP contribution is -2.32. The first-order valence-corrected chi connectivity index (χ1v) is 5.92. The van der Waals surface area contributed by atoms with Crippen molar-refractivity contribution in [3.05, 3.63) is 12.7 Å². The third kappa shape index (κ3) is 8.22. The summed E-state index contributed by atoms with van der Waals surface area (Å²) in [6, 6.07) is 0. The minimum atomic E-state index is -0.0726. The van der Waals surface area contributed by atoms with E-state index in [1.165, 1.54) is 38.2 Å². The zero-order valence-corrected chi connectivity index (χ0v) is 10.4. The predicted octanol–water partition coefficient (Wildman–Crippen LogP) is 3.29. The van der Waals surface area contributed by atoms with Crippen molar-refractivity contribution in [3.63, 3.8) is 0 Å². The van der Waals surface area contributed by atoms with Crippen molar-refractivity contribution in [2.45, 2.75) is 52.9 Å². The van der Waals surface area contributed by atoms with E-state index in [0.29, 0.717) is 0 Å². The molecule has 0 unspecified atom stereocenters. The molecule has 0 fully saturated rings. The van der Waals surface area contributed by atoms with Gasteiger partial charge in [-0.25, -0.2) is 0 Å². The van der Waals surface area contributed by atoms with Crippen LogP contribution >= 0.6 is 0 Å². The first-order valence-electron chi connectivity index (χ1n) is 5.92. The van der Waals surface area contributed by atoms with Crippen molar-refractivity contribution in [2.75, 3.05) is 6.54 Å². The number of amides is 1. The lowest BCUT2D eigenvalue weighted by Gasteiger charge is -2.24. The molecule has 0 saturated carbocycles. The number of hydrogen-bond donors (Lipinski definition) is 1. The second-order valence-corrected chi connectivity index (χ2v) is 4.90. The van der Waals surface area contributed by atoms with Crippen molar-refractivity contribution in [3.8, 4) is 0 Å². The van der Waals surface area contributed by atoms with Crippen LogP contribution in [0.3, 0.4) is 0 Å². The highest BCUT2D eigenvalue weighted by atomic mass is 16.1. The van der Waals surface area contributed by atoms with E-state index < -0.39 is 0 Å². The number of carbonyl (C=O) groups excluding carboxylic acids is 1. The lowest BCUT2D eigenvalue weighted by molar-refractivity contribution is -0.116. The normalized spacial score (nSPS) is 11.1. The summed E-state index contributed by atoms with van der Waals surface area (Å²) < 4.78 is 0. The maximum Gasteiger partial charge on any atom is 0.243 e. The Morgan fingerprint density at radius 1 is 1.33 bits per heavy atom. The summed E-state index contributed by atoms with van der Waals surface area (Å²) in [6.45, 7) is 10.8. The smallest absolute Gasteiger partial charge is 0.243 e. The van der Waals surface area contributed by atoms with Crippen molar-refractivity contribution in [1.29, 1.82) is 0 Å². The second-order valence-electron chi connectivity index (χ2n) is 4.90. The molecule has 0 spiro atoms. The fourth-order valence-corrected chi connectivity index (χ4v) is 1.52. The second kappa shape index (κ2) is 7.49. The van der Waals surface area contributed by atoms with E-state index in [1.807, 2.05) is 0 Å². The van der Waals surface area contributed by atoms with Gasteiger partial charge in [-0.1, -0.05) is 53.0 Å². The molecule has 0 aliphatic heterocycles. The molecular formula is C13H25NO. The Morgan fingerprint density at radius 3 is 2.53 bits per heavy atom. The molecule has 15 heavy (non-hydrogen) atoms. The van der Waals surface area contributed by atoms with E-state index in [9.17, 15) is 4.79 Å². The van der Waals surface area contributed by atoms with E-state index in [1.54, 1.807) is 0 Å². The third-order valence-corrected chi connectivity index (χ3v) is 2.63. The molecule has 0 rings (SSSR count). The van der Waals surface area contributed by atoms with Gasteiger partial charge in [-0.2, -0.15) is 0 Å². The highest BCUT2D eigenvalue weighted by Crippen LogP contribution is 2.22. The predicted molar refractivity (Wildman–Crippen MR) is 65.7 cm³/mol. The average Bonchev–Trinajstić information content (AvgIpc) is 2.21. The number of rotatable bonds is 8. The number of hydrogen-bond acceptors (Lipinski definition) is 1. The van der Waals surface area contributed by atoms with Crippen molar-refractivity contribution < 1.29 is 4.79 Å². The maximum atomic E-state index is 11.0. The van der Waals surface area contributed by atoms with Gasteiger partial charge >= 0.3 is 0 Å². The summed E-state index contributed by atoms with van der Waals surface area (Å²) in [4.78, 5) is 11.0. The third-order valence-electron chi connectivity index (χ3n) is 2.63. The van der Waals surface area contributed by atoms with Crippen LogP contribution in [0.15, 0.2) is 12.7 Å². The van der Waals surface area contributed by atoms with Gasteiger partial charge in [0.15, 0.2) is 0 Å². The number of nitrogens with one attached hydrogen (secondary N) is 1. The Morgan fingerprint density at radius 2 is 2.00 bits per heavy atom. The molecule has 0 heterocycles. The van der Waals surface area contributed by atoms with Gasteiger partial charge in [0.1, 0.15) is 0 Å². The van der Waals surface area contributed by atoms with Gasteiger partial charge in [0, 0.05) is 6.54 Å². The lowest BCUT2D eigenvalue weighted by atomic mass is 9.86.